The van der Waals surface area contributed by atoms with Crippen LogP contribution in [-0.4, -0.2) is 63.3 Å². The number of hydrogen-bond donors (Lipinski definition) is 4. The van der Waals surface area contributed by atoms with Crippen molar-refractivity contribution >= 4 is 34.3 Å². The molecule has 32 heavy (non-hydrogen) atoms. The van der Waals surface area contributed by atoms with Crippen molar-refractivity contribution in [2.24, 2.45) is 0 Å². The van der Waals surface area contributed by atoms with Gasteiger partial charge in [0, 0.05) is 29.0 Å². The summed E-state index contributed by atoms with van der Waals surface area (Å²) in [5.41, 5.74) is 1.98. The molecule has 1 aliphatic rings. The monoisotopic (exact) mass is 455 g/mol. The van der Waals surface area contributed by atoms with Gasteiger partial charge in [0.15, 0.2) is 6.10 Å². The Bertz CT molecular complexity index is 1090. The summed E-state index contributed by atoms with van der Waals surface area (Å²) in [5.74, 6) is -0.860. The van der Waals surface area contributed by atoms with Gasteiger partial charge >= 0.3 is 0 Å². The minimum absolute atomic E-state index is 0.294. The predicted molar refractivity (Wildman–Crippen MR) is 123 cm³/mol. The lowest BCUT2D eigenvalue weighted by Gasteiger charge is -2.33. The number of aliphatic hydroxyl groups is 2. The standard InChI is InChI=1S/C24H26ClN3O4/c25-17-6-7-19-16(13-17)14-21(26-19)23(31)27-20(12-15-4-2-1-3-5-15)22(30)24(32)28-10-8-18(29)9-11-28/h1-7,13-14,18,20,22,26,29-30H,8-12H2,(H,27,31)/t20-,22+/m0/s1. The average molecular weight is 456 g/mol. The summed E-state index contributed by atoms with van der Waals surface area (Å²) in [6.45, 7) is 0.762. The van der Waals surface area contributed by atoms with Crippen LogP contribution in [-0.2, 0) is 11.2 Å². The maximum atomic E-state index is 13.0. The Morgan fingerprint density at radius 3 is 2.56 bits per heavy atom. The molecule has 168 valence electrons. The number of nitrogens with zero attached hydrogens (tertiary/aromatic N) is 1. The number of carbonyl (C=O) groups excluding carboxylic acids is 2. The number of nitrogens with one attached hydrogen (secondary N) is 2. The second-order valence-corrected chi connectivity index (χ2v) is 8.62. The number of aromatic amines is 1. The molecule has 2 amide bonds. The molecule has 1 fully saturated rings. The van der Waals surface area contributed by atoms with E-state index in [-0.39, 0.29) is 0 Å². The average Bonchev–Trinajstić information content (AvgIpc) is 3.22. The van der Waals surface area contributed by atoms with Gasteiger partial charge in [-0.15, -0.1) is 0 Å². The highest BCUT2D eigenvalue weighted by molar-refractivity contribution is 6.31. The van der Waals surface area contributed by atoms with E-state index in [0.29, 0.717) is 43.1 Å². The minimum atomic E-state index is -1.41. The van der Waals surface area contributed by atoms with Crippen molar-refractivity contribution in [3.8, 4) is 0 Å². The fourth-order valence-electron chi connectivity index (χ4n) is 4.03. The molecular formula is C24H26ClN3O4. The number of likely N-dealkylation sites (tertiary alicyclic amines) is 1. The summed E-state index contributed by atoms with van der Waals surface area (Å²) in [4.78, 5) is 30.6. The lowest BCUT2D eigenvalue weighted by Crippen LogP contribution is -2.54. The first-order valence-electron chi connectivity index (χ1n) is 10.7. The third-order valence-electron chi connectivity index (χ3n) is 5.85. The van der Waals surface area contributed by atoms with Crippen LogP contribution >= 0.6 is 11.6 Å². The first-order chi connectivity index (χ1) is 15.4. The molecule has 0 bridgehead atoms. The third-order valence-corrected chi connectivity index (χ3v) is 6.09. The van der Waals surface area contributed by atoms with E-state index in [0.717, 1.165) is 16.5 Å². The Morgan fingerprint density at radius 2 is 1.84 bits per heavy atom. The summed E-state index contributed by atoms with van der Waals surface area (Å²) in [6, 6.07) is 15.6. The molecule has 3 aromatic rings. The Hall–Kier alpha value is -2.87. The van der Waals surface area contributed by atoms with Gasteiger partial charge in [0.2, 0.25) is 0 Å². The maximum Gasteiger partial charge on any atom is 0.268 e. The minimum Gasteiger partial charge on any atom is -0.393 e. The smallest absolute Gasteiger partial charge is 0.268 e. The van der Waals surface area contributed by atoms with Gasteiger partial charge in [0.25, 0.3) is 11.8 Å². The number of fused-ring (bicyclic) bond motifs is 1. The summed E-state index contributed by atoms with van der Waals surface area (Å²) in [7, 11) is 0. The fraction of sp³-hybridized carbons (Fsp3) is 0.333. The molecule has 1 aromatic heterocycles. The number of carbonyl (C=O) groups is 2. The lowest BCUT2D eigenvalue weighted by atomic mass is 9.99. The molecule has 2 heterocycles. The van der Waals surface area contributed by atoms with E-state index in [1.54, 1.807) is 29.2 Å². The van der Waals surface area contributed by atoms with E-state index in [1.807, 2.05) is 30.3 Å². The molecule has 7 nitrogen and oxygen atoms in total. The van der Waals surface area contributed by atoms with Crippen molar-refractivity contribution < 1.29 is 19.8 Å². The molecule has 0 saturated carbocycles. The molecule has 0 unspecified atom stereocenters. The van der Waals surface area contributed by atoms with Gasteiger partial charge in [-0.2, -0.15) is 0 Å². The number of aromatic nitrogens is 1. The highest BCUT2D eigenvalue weighted by Gasteiger charge is 2.33. The van der Waals surface area contributed by atoms with Crippen LogP contribution in [0.1, 0.15) is 28.9 Å². The molecule has 4 N–H and O–H groups in total. The van der Waals surface area contributed by atoms with Crippen molar-refractivity contribution in [3.05, 3.63) is 70.9 Å². The van der Waals surface area contributed by atoms with Crippen LogP contribution in [0.25, 0.3) is 10.9 Å². The van der Waals surface area contributed by atoms with Crippen LogP contribution in [0.3, 0.4) is 0 Å². The first kappa shape index (κ1) is 22.3. The zero-order valence-electron chi connectivity index (χ0n) is 17.5. The van der Waals surface area contributed by atoms with Crippen LogP contribution in [0.5, 0.6) is 0 Å². The largest absolute Gasteiger partial charge is 0.393 e. The van der Waals surface area contributed by atoms with Gasteiger partial charge in [0.05, 0.1) is 12.1 Å². The number of hydrogen-bond acceptors (Lipinski definition) is 4. The fourth-order valence-corrected chi connectivity index (χ4v) is 4.21. The van der Waals surface area contributed by atoms with Crippen molar-refractivity contribution in [1.29, 1.82) is 0 Å². The number of H-pyrrole nitrogens is 1. The Kier molecular flexibility index (Phi) is 6.79. The molecular weight excluding hydrogens is 430 g/mol. The lowest BCUT2D eigenvalue weighted by molar-refractivity contribution is -0.143. The predicted octanol–water partition coefficient (Wildman–Crippen LogP) is 2.51. The molecule has 4 rings (SSSR count). The van der Waals surface area contributed by atoms with Crippen LogP contribution in [0.15, 0.2) is 54.6 Å². The Morgan fingerprint density at radius 1 is 1.12 bits per heavy atom. The van der Waals surface area contributed by atoms with E-state index in [2.05, 4.69) is 10.3 Å². The van der Waals surface area contributed by atoms with Gasteiger partial charge in [-0.25, -0.2) is 0 Å². The van der Waals surface area contributed by atoms with E-state index in [1.165, 1.54) is 0 Å². The highest BCUT2D eigenvalue weighted by atomic mass is 35.5. The zero-order chi connectivity index (χ0) is 22.7. The number of amides is 2. The molecule has 0 radical (unpaired) electrons. The van der Waals surface area contributed by atoms with Gasteiger partial charge in [0.1, 0.15) is 5.69 Å². The van der Waals surface area contributed by atoms with E-state index < -0.39 is 30.1 Å². The van der Waals surface area contributed by atoms with Crippen LogP contribution in [0.4, 0.5) is 0 Å². The zero-order valence-corrected chi connectivity index (χ0v) is 18.3. The van der Waals surface area contributed by atoms with Gasteiger partial charge in [-0.05, 0) is 49.1 Å². The van der Waals surface area contributed by atoms with Gasteiger partial charge in [-0.1, -0.05) is 41.9 Å². The van der Waals surface area contributed by atoms with Crippen LogP contribution in [0, 0.1) is 0 Å². The SMILES string of the molecule is O=C(N[C@@H](Cc1ccccc1)[C@@H](O)C(=O)N1CCC(O)CC1)c1cc2cc(Cl)ccc2[nH]1. The summed E-state index contributed by atoms with van der Waals surface area (Å²) >= 11 is 6.04. The number of rotatable bonds is 6. The second kappa shape index (κ2) is 9.73. The van der Waals surface area contributed by atoms with Gasteiger partial charge < -0.3 is 25.4 Å². The molecule has 1 saturated heterocycles. The molecule has 0 aliphatic carbocycles. The second-order valence-electron chi connectivity index (χ2n) is 8.19. The van der Waals surface area contributed by atoms with Crippen molar-refractivity contribution in [3.63, 3.8) is 0 Å². The van der Waals surface area contributed by atoms with Gasteiger partial charge in [-0.3, -0.25) is 9.59 Å². The van der Waals surface area contributed by atoms with E-state index in [4.69, 9.17) is 11.6 Å². The molecule has 0 spiro atoms. The van der Waals surface area contributed by atoms with Crippen LogP contribution in [0.2, 0.25) is 5.02 Å². The molecule has 2 atom stereocenters. The molecule has 8 heteroatoms. The van der Waals surface area contributed by atoms with Crippen molar-refractivity contribution in [2.75, 3.05) is 13.1 Å². The summed E-state index contributed by atoms with van der Waals surface area (Å²) in [5, 5.41) is 24.8. The van der Waals surface area contributed by atoms with E-state index >= 15 is 0 Å². The Labute approximate surface area is 191 Å². The Balaban J connectivity index is 1.53. The number of benzene rings is 2. The van der Waals surface area contributed by atoms with Crippen molar-refractivity contribution in [1.82, 2.24) is 15.2 Å². The van der Waals surface area contributed by atoms with Crippen molar-refractivity contribution in [2.45, 2.75) is 37.5 Å². The maximum absolute atomic E-state index is 13.0. The quantitative estimate of drug-likeness (QED) is 0.458. The van der Waals surface area contributed by atoms with Crippen LogP contribution < -0.4 is 5.32 Å². The van der Waals surface area contributed by atoms with E-state index in [9.17, 15) is 19.8 Å². The normalized spacial score (nSPS) is 16.7. The summed E-state index contributed by atoms with van der Waals surface area (Å²) < 4.78 is 0. The third kappa shape index (κ3) is 5.12. The number of piperidine rings is 1. The summed E-state index contributed by atoms with van der Waals surface area (Å²) in [6.07, 6.45) is -0.584. The molecule has 1 aliphatic heterocycles. The first-order valence-corrected chi connectivity index (χ1v) is 11.1. The number of halogens is 1. The number of aliphatic hydroxyl groups excluding tert-OH is 2. The highest BCUT2D eigenvalue weighted by Crippen LogP contribution is 2.21. The topological polar surface area (TPSA) is 106 Å². The molecule has 2 aromatic carbocycles.